The highest BCUT2D eigenvalue weighted by atomic mass is 32.2. The SMILES string of the molecule is NC1CCCC1C(=O)NCCS(N)(=O)=O. The molecule has 88 valence electrons. The quantitative estimate of drug-likeness (QED) is 0.551. The van der Waals surface area contributed by atoms with E-state index >= 15 is 0 Å². The number of carbonyl (C=O) groups excluding carboxylic acids is 1. The zero-order chi connectivity index (χ0) is 11.5. The molecule has 5 N–H and O–H groups in total. The summed E-state index contributed by atoms with van der Waals surface area (Å²) in [6.45, 7) is 0.0564. The number of rotatable bonds is 4. The zero-order valence-corrected chi connectivity index (χ0v) is 9.29. The Kier molecular flexibility index (Phi) is 4.06. The number of hydrogen-bond donors (Lipinski definition) is 3. The summed E-state index contributed by atoms with van der Waals surface area (Å²) in [6.07, 6.45) is 2.59. The molecule has 0 bridgehead atoms. The molecule has 1 amide bonds. The van der Waals surface area contributed by atoms with Crippen molar-refractivity contribution in [3.63, 3.8) is 0 Å². The smallest absolute Gasteiger partial charge is 0.224 e. The molecule has 0 aromatic carbocycles. The van der Waals surface area contributed by atoms with Gasteiger partial charge in [-0.05, 0) is 12.8 Å². The van der Waals surface area contributed by atoms with Gasteiger partial charge in [0.25, 0.3) is 0 Å². The van der Waals surface area contributed by atoms with Crippen molar-refractivity contribution in [2.24, 2.45) is 16.8 Å². The van der Waals surface area contributed by atoms with E-state index in [0.29, 0.717) is 0 Å². The van der Waals surface area contributed by atoms with Crippen LogP contribution in [0, 0.1) is 5.92 Å². The highest BCUT2D eigenvalue weighted by Crippen LogP contribution is 2.23. The van der Waals surface area contributed by atoms with Crippen molar-refractivity contribution in [3.05, 3.63) is 0 Å². The number of sulfonamides is 1. The van der Waals surface area contributed by atoms with Crippen molar-refractivity contribution >= 4 is 15.9 Å². The minimum atomic E-state index is -3.50. The topological polar surface area (TPSA) is 115 Å². The van der Waals surface area contributed by atoms with Gasteiger partial charge in [0.2, 0.25) is 15.9 Å². The van der Waals surface area contributed by atoms with Crippen LogP contribution in [-0.2, 0) is 14.8 Å². The molecule has 0 radical (unpaired) electrons. The lowest BCUT2D eigenvalue weighted by atomic mass is 10.0. The monoisotopic (exact) mass is 235 g/mol. The Morgan fingerprint density at radius 1 is 1.40 bits per heavy atom. The second kappa shape index (κ2) is 4.91. The molecule has 1 aliphatic rings. The number of amides is 1. The van der Waals surface area contributed by atoms with Gasteiger partial charge < -0.3 is 11.1 Å². The molecule has 1 fully saturated rings. The molecule has 0 saturated heterocycles. The molecule has 1 saturated carbocycles. The molecule has 7 heteroatoms. The third-order valence-electron chi connectivity index (χ3n) is 2.59. The normalized spacial score (nSPS) is 26.5. The van der Waals surface area contributed by atoms with Gasteiger partial charge in [-0.2, -0.15) is 0 Å². The first-order valence-corrected chi connectivity index (χ1v) is 6.65. The maximum Gasteiger partial charge on any atom is 0.224 e. The van der Waals surface area contributed by atoms with Gasteiger partial charge in [-0.3, -0.25) is 4.79 Å². The lowest BCUT2D eigenvalue weighted by Crippen LogP contribution is -2.40. The lowest BCUT2D eigenvalue weighted by Gasteiger charge is -2.14. The van der Waals surface area contributed by atoms with Crippen molar-refractivity contribution in [3.8, 4) is 0 Å². The third kappa shape index (κ3) is 4.15. The van der Waals surface area contributed by atoms with Crippen LogP contribution in [0.2, 0.25) is 0 Å². The summed E-state index contributed by atoms with van der Waals surface area (Å²) in [7, 11) is -3.50. The summed E-state index contributed by atoms with van der Waals surface area (Å²) < 4.78 is 21.2. The van der Waals surface area contributed by atoms with Crippen LogP contribution in [0.25, 0.3) is 0 Å². The predicted octanol–water partition coefficient (Wildman–Crippen LogP) is -1.48. The highest BCUT2D eigenvalue weighted by Gasteiger charge is 2.29. The van der Waals surface area contributed by atoms with Gasteiger partial charge in [0.1, 0.15) is 0 Å². The minimum absolute atomic E-state index is 0.0564. The molecule has 0 spiro atoms. The molecule has 2 unspecified atom stereocenters. The van der Waals surface area contributed by atoms with Gasteiger partial charge in [0.15, 0.2) is 0 Å². The van der Waals surface area contributed by atoms with E-state index in [0.717, 1.165) is 19.3 Å². The Bertz CT molecular complexity index is 328. The molecule has 0 aliphatic heterocycles. The predicted molar refractivity (Wildman–Crippen MR) is 56.3 cm³/mol. The van der Waals surface area contributed by atoms with E-state index in [2.05, 4.69) is 5.32 Å². The fraction of sp³-hybridized carbons (Fsp3) is 0.875. The molecular weight excluding hydrogens is 218 g/mol. The van der Waals surface area contributed by atoms with E-state index < -0.39 is 10.0 Å². The van der Waals surface area contributed by atoms with Crippen molar-refractivity contribution < 1.29 is 13.2 Å². The number of nitrogens with two attached hydrogens (primary N) is 2. The number of hydrogen-bond acceptors (Lipinski definition) is 4. The summed E-state index contributed by atoms with van der Waals surface area (Å²) in [4.78, 5) is 11.5. The summed E-state index contributed by atoms with van der Waals surface area (Å²) in [5.41, 5.74) is 5.73. The number of nitrogens with one attached hydrogen (secondary N) is 1. The first-order chi connectivity index (χ1) is 6.90. The maximum absolute atomic E-state index is 11.5. The standard InChI is InChI=1S/C8H17N3O3S/c9-7-3-1-2-6(7)8(12)11-4-5-15(10,13)14/h6-7H,1-5,9H2,(H,11,12)(H2,10,13,14). The van der Waals surface area contributed by atoms with Crippen molar-refractivity contribution in [2.75, 3.05) is 12.3 Å². The van der Waals surface area contributed by atoms with E-state index in [1.807, 2.05) is 0 Å². The fourth-order valence-corrected chi connectivity index (χ4v) is 2.15. The lowest BCUT2D eigenvalue weighted by molar-refractivity contribution is -0.125. The molecular formula is C8H17N3O3S. The van der Waals surface area contributed by atoms with Crippen LogP contribution in [0.4, 0.5) is 0 Å². The van der Waals surface area contributed by atoms with Crippen molar-refractivity contribution in [2.45, 2.75) is 25.3 Å². The average molecular weight is 235 g/mol. The van der Waals surface area contributed by atoms with Gasteiger partial charge in [-0.15, -0.1) is 0 Å². The van der Waals surface area contributed by atoms with Gasteiger partial charge in [0.05, 0.1) is 11.7 Å². The zero-order valence-electron chi connectivity index (χ0n) is 8.48. The van der Waals surface area contributed by atoms with Gasteiger partial charge in [0, 0.05) is 12.6 Å². The van der Waals surface area contributed by atoms with E-state index in [-0.39, 0.29) is 30.2 Å². The van der Waals surface area contributed by atoms with Crippen LogP contribution in [0.3, 0.4) is 0 Å². The van der Waals surface area contributed by atoms with Gasteiger partial charge in [-0.1, -0.05) is 6.42 Å². The largest absolute Gasteiger partial charge is 0.355 e. The Morgan fingerprint density at radius 2 is 2.07 bits per heavy atom. The third-order valence-corrected chi connectivity index (χ3v) is 3.37. The van der Waals surface area contributed by atoms with Crippen LogP contribution >= 0.6 is 0 Å². The van der Waals surface area contributed by atoms with Crippen LogP contribution in [-0.4, -0.2) is 32.7 Å². The van der Waals surface area contributed by atoms with Crippen LogP contribution in [0.1, 0.15) is 19.3 Å². The molecule has 15 heavy (non-hydrogen) atoms. The molecule has 0 aromatic heterocycles. The molecule has 0 heterocycles. The molecule has 6 nitrogen and oxygen atoms in total. The van der Waals surface area contributed by atoms with Crippen LogP contribution < -0.4 is 16.2 Å². The van der Waals surface area contributed by atoms with Crippen LogP contribution in [0.5, 0.6) is 0 Å². The Balaban J connectivity index is 2.30. The summed E-state index contributed by atoms with van der Waals surface area (Å²) in [5.74, 6) is -0.574. The number of primary sulfonamides is 1. The molecule has 1 rings (SSSR count). The summed E-state index contributed by atoms with van der Waals surface area (Å²) in [5, 5.41) is 7.33. The first kappa shape index (κ1) is 12.4. The Labute approximate surface area is 89.4 Å². The second-order valence-corrected chi connectivity index (χ2v) is 5.59. The number of carbonyl (C=O) groups is 1. The highest BCUT2D eigenvalue weighted by molar-refractivity contribution is 7.89. The Hall–Kier alpha value is -0.660. The van der Waals surface area contributed by atoms with E-state index in [4.69, 9.17) is 10.9 Å². The van der Waals surface area contributed by atoms with Crippen LogP contribution in [0.15, 0.2) is 0 Å². The Morgan fingerprint density at radius 3 is 2.53 bits per heavy atom. The van der Waals surface area contributed by atoms with E-state index in [9.17, 15) is 13.2 Å². The first-order valence-electron chi connectivity index (χ1n) is 4.94. The van der Waals surface area contributed by atoms with Gasteiger partial charge >= 0.3 is 0 Å². The summed E-state index contributed by atoms with van der Waals surface area (Å²) >= 11 is 0. The second-order valence-electron chi connectivity index (χ2n) is 3.86. The molecule has 1 aliphatic carbocycles. The summed E-state index contributed by atoms with van der Waals surface area (Å²) in [6, 6.07) is -0.0977. The van der Waals surface area contributed by atoms with E-state index in [1.165, 1.54) is 0 Å². The van der Waals surface area contributed by atoms with Crippen molar-refractivity contribution in [1.29, 1.82) is 0 Å². The molecule has 2 atom stereocenters. The van der Waals surface area contributed by atoms with Gasteiger partial charge in [-0.25, -0.2) is 13.6 Å². The van der Waals surface area contributed by atoms with Crippen molar-refractivity contribution in [1.82, 2.24) is 5.32 Å². The molecule has 0 aromatic rings. The van der Waals surface area contributed by atoms with E-state index in [1.54, 1.807) is 0 Å². The average Bonchev–Trinajstić information content (AvgIpc) is 2.48. The maximum atomic E-state index is 11.5. The minimum Gasteiger partial charge on any atom is -0.355 e. The fourth-order valence-electron chi connectivity index (χ4n) is 1.76.